The van der Waals surface area contributed by atoms with Crippen LogP contribution in [0, 0.1) is 0 Å². The molecule has 1 heterocycles. The van der Waals surface area contributed by atoms with Crippen molar-refractivity contribution < 1.29 is 27.8 Å². The molecule has 2 aromatic rings. The monoisotopic (exact) mass is 368 g/mol. The van der Waals surface area contributed by atoms with Gasteiger partial charge in [0.15, 0.2) is 17.2 Å². The summed E-state index contributed by atoms with van der Waals surface area (Å²) in [5.41, 5.74) is 0.422. The van der Waals surface area contributed by atoms with E-state index in [1.54, 1.807) is 0 Å². The molecule has 0 aliphatic heterocycles. The number of hydrogen-bond donors (Lipinski definition) is 2. The summed E-state index contributed by atoms with van der Waals surface area (Å²) in [6.07, 6.45) is 1.52. The molecule has 8 nitrogen and oxygen atoms in total. The van der Waals surface area contributed by atoms with Crippen molar-refractivity contribution in [3.8, 4) is 11.5 Å². The summed E-state index contributed by atoms with van der Waals surface area (Å²) in [5, 5.41) is 9.11. The quantitative estimate of drug-likeness (QED) is 0.781. The Hall–Kier alpha value is -3.17. The van der Waals surface area contributed by atoms with Crippen LogP contribution in [0.5, 0.6) is 11.5 Å². The van der Waals surface area contributed by atoms with Crippen LogP contribution in [0.2, 0.25) is 0 Å². The molecule has 2 N–H and O–H groups in total. The number of hydrogen-bond acceptors (Lipinski definition) is 5. The van der Waals surface area contributed by atoms with Gasteiger partial charge in [0.05, 0.1) is 12.8 Å². The third kappa shape index (κ3) is 4.26. The first kappa shape index (κ1) is 19.2. The second-order valence-corrected chi connectivity index (χ2v) is 5.02. The molecule has 10 heteroatoms. The van der Waals surface area contributed by atoms with Crippen LogP contribution in [0.15, 0.2) is 24.4 Å². The lowest BCUT2D eigenvalue weighted by atomic mass is 10.2. The Labute approximate surface area is 148 Å². The van der Waals surface area contributed by atoms with Gasteiger partial charge >= 0.3 is 6.61 Å². The van der Waals surface area contributed by atoms with E-state index in [1.165, 1.54) is 43.2 Å². The maximum atomic E-state index is 12.5. The molecule has 0 aliphatic carbocycles. The molecule has 0 radical (unpaired) electrons. The van der Waals surface area contributed by atoms with Gasteiger partial charge in [0.2, 0.25) is 0 Å². The Kier molecular flexibility index (Phi) is 6.10. The Morgan fingerprint density at radius 2 is 2.00 bits per heavy atom. The minimum Gasteiger partial charge on any atom is -0.493 e. The highest BCUT2D eigenvalue weighted by Crippen LogP contribution is 2.29. The van der Waals surface area contributed by atoms with E-state index in [-0.39, 0.29) is 28.4 Å². The fourth-order valence-electron chi connectivity index (χ4n) is 2.16. The highest BCUT2D eigenvalue weighted by atomic mass is 19.3. The number of carbonyl (C=O) groups excluding carboxylic acids is 2. The number of alkyl halides is 2. The van der Waals surface area contributed by atoms with Gasteiger partial charge in [0.1, 0.15) is 0 Å². The van der Waals surface area contributed by atoms with Gasteiger partial charge in [0.25, 0.3) is 11.8 Å². The highest BCUT2D eigenvalue weighted by molar-refractivity contribution is 6.08. The van der Waals surface area contributed by atoms with Gasteiger partial charge in [0, 0.05) is 25.4 Å². The molecule has 2 rings (SSSR count). The number of nitrogens with one attached hydrogen (secondary N) is 2. The second-order valence-electron chi connectivity index (χ2n) is 5.02. The fourth-order valence-corrected chi connectivity index (χ4v) is 2.16. The Balaban J connectivity index is 2.27. The number of nitrogens with zero attached hydrogens (tertiary/aromatic N) is 2. The summed E-state index contributed by atoms with van der Waals surface area (Å²) in [7, 11) is 2.72. The lowest BCUT2D eigenvalue weighted by Crippen LogP contribution is -2.21. The molecule has 0 bridgehead atoms. The minimum absolute atomic E-state index is 0.0197. The Bertz CT molecular complexity index is 808. The van der Waals surface area contributed by atoms with Crippen LogP contribution in [0.4, 0.5) is 14.5 Å². The average Bonchev–Trinajstić information content (AvgIpc) is 3.03. The maximum Gasteiger partial charge on any atom is 0.387 e. The third-order valence-corrected chi connectivity index (χ3v) is 3.42. The smallest absolute Gasteiger partial charge is 0.387 e. The molecule has 2 amide bonds. The van der Waals surface area contributed by atoms with Gasteiger partial charge in [-0.1, -0.05) is 0 Å². The van der Waals surface area contributed by atoms with Crippen LogP contribution >= 0.6 is 0 Å². The van der Waals surface area contributed by atoms with Gasteiger partial charge in [-0.2, -0.15) is 13.9 Å². The van der Waals surface area contributed by atoms with E-state index in [2.05, 4.69) is 20.5 Å². The third-order valence-electron chi connectivity index (χ3n) is 3.42. The number of rotatable bonds is 7. The van der Waals surface area contributed by atoms with Crippen molar-refractivity contribution >= 4 is 17.5 Å². The molecule has 1 aromatic heterocycles. The molecule has 140 valence electrons. The fraction of sp³-hybridized carbons (Fsp3) is 0.312. The molecule has 26 heavy (non-hydrogen) atoms. The highest BCUT2D eigenvalue weighted by Gasteiger charge is 2.19. The van der Waals surface area contributed by atoms with Gasteiger partial charge < -0.3 is 20.1 Å². The van der Waals surface area contributed by atoms with E-state index in [1.807, 2.05) is 6.92 Å². The zero-order valence-corrected chi connectivity index (χ0v) is 14.4. The summed E-state index contributed by atoms with van der Waals surface area (Å²) in [6.45, 7) is -0.676. The number of halogens is 2. The summed E-state index contributed by atoms with van der Waals surface area (Å²) < 4.78 is 35.5. The number of carbonyl (C=O) groups is 2. The van der Waals surface area contributed by atoms with Crippen molar-refractivity contribution in [3.05, 3.63) is 35.7 Å². The van der Waals surface area contributed by atoms with E-state index in [0.717, 1.165) is 0 Å². The van der Waals surface area contributed by atoms with Crippen LogP contribution < -0.4 is 20.1 Å². The van der Waals surface area contributed by atoms with Crippen molar-refractivity contribution in [3.63, 3.8) is 0 Å². The zero-order chi connectivity index (χ0) is 19.3. The Morgan fingerprint density at radius 1 is 1.27 bits per heavy atom. The number of anilines is 1. The van der Waals surface area contributed by atoms with Gasteiger partial charge in [-0.25, -0.2) is 0 Å². The lowest BCUT2D eigenvalue weighted by Gasteiger charge is -2.11. The molecule has 0 saturated carbocycles. The van der Waals surface area contributed by atoms with E-state index in [0.29, 0.717) is 6.54 Å². The minimum atomic E-state index is -3.02. The van der Waals surface area contributed by atoms with Crippen molar-refractivity contribution in [2.24, 2.45) is 0 Å². The molecule has 0 atom stereocenters. The average molecular weight is 368 g/mol. The first-order valence-electron chi connectivity index (χ1n) is 7.63. The van der Waals surface area contributed by atoms with Crippen molar-refractivity contribution in [1.29, 1.82) is 0 Å². The predicted octanol–water partition coefficient (Wildman–Crippen LogP) is 2.12. The molecule has 0 fully saturated rings. The van der Waals surface area contributed by atoms with Crippen molar-refractivity contribution in [1.82, 2.24) is 15.1 Å². The molecule has 0 saturated heterocycles. The van der Waals surface area contributed by atoms with Gasteiger partial charge in [-0.15, -0.1) is 0 Å². The van der Waals surface area contributed by atoms with E-state index in [9.17, 15) is 18.4 Å². The van der Waals surface area contributed by atoms with Crippen LogP contribution in [-0.2, 0) is 6.54 Å². The van der Waals surface area contributed by atoms with Crippen LogP contribution in [0.3, 0.4) is 0 Å². The first-order valence-corrected chi connectivity index (χ1v) is 7.63. The van der Waals surface area contributed by atoms with E-state index in [4.69, 9.17) is 4.74 Å². The summed E-state index contributed by atoms with van der Waals surface area (Å²) >= 11 is 0. The largest absolute Gasteiger partial charge is 0.493 e. The predicted molar refractivity (Wildman–Crippen MR) is 88.9 cm³/mol. The maximum absolute atomic E-state index is 12.5. The van der Waals surface area contributed by atoms with Crippen LogP contribution in [0.25, 0.3) is 0 Å². The normalized spacial score (nSPS) is 10.5. The van der Waals surface area contributed by atoms with Crippen molar-refractivity contribution in [2.75, 3.05) is 19.5 Å². The number of ether oxygens (including phenoxy) is 2. The topological polar surface area (TPSA) is 94.5 Å². The summed E-state index contributed by atoms with van der Waals surface area (Å²) in [4.78, 5) is 24.3. The van der Waals surface area contributed by atoms with Crippen molar-refractivity contribution in [2.45, 2.75) is 20.1 Å². The second kappa shape index (κ2) is 8.28. The van der Waals surface area contributed by atoms with Gasteiger partial charge in [-0.05, 0) is 25.1 Å². The molecule has 0 aliphatic rings. The number of benzene rings is 1. The number of amides is 2. The molecule has 0 spiro atoms. The number of methoxy groups -OCH3 is 1. The first-order chi connectivity index (χ1) is 12.4. The molecule has 1 aromatic carbocycles. The van der Waals surface area contributed by atoms with Gasteiger partial charge in [-0.3, -0.25) is 14.3 Å². The lowest BCUT2D eigenvalue weighted by molar-refractivity contribution is -0.0512. The molecular formula is C16H18F2N4O4. The molecular weight excluding hydrogens is 350 g/mol. The Morgan fingerprint density at radius 3 is 2.58 bits per heavy atom. The van der Waals surface area contributed by atoms with E-state index >= 15 is 0 Å². The van der Waals surface area contributed by atoms with Crippen LogP contribution in [0.1, 0.15) is 27.8 Å². The number of aromatic nitrogens is 2. The van der Waals surface area contributed by atoms with Crippen LogP contribution in [-0.4, -0.2) is 42.4 Å². The summed E-state index contributed by atoms with van der Waals surface area (Å²) in [6, 6.07) is 3.77. The SMILES string of the molecule is CCn1cc(NC(=O)c2ccc(OC(F)F)c(OC)c2)c(C(=O)NC)n1. The standard InChI is InChI=1S/C16H18F2N4O4/c1-4-22-8-10(13(21-22)15(24)19-2)20-14(23)9-5-6-11(26-16(17)18)12(7-9)25-3/h5-8,16H,4H2,1-3H3,(H,19,24)(H,20,23). The summed E-state index contributed by atoms with van der Waals surface area (Å²) in [5.74, 6) is -1.23. The number of aryl methyl sites for hydroxylation is 1. The molecule has 0 unspecified atom stereocenters. The van der Waals surface area contributed by atoms with E-state index < -0.39 is 18.4 Å². The zero-order valence-electron chi connectivity index (χ0n) is 14.4.